The number of ether oxygens (including phenoxy) is 2. The Morgan fingerprint density at radius 1 is 1.19 bits per heavy atom. The molecule has 0 aromatic heterocycles. The molecule has 31 heavy (non-hydrogen) atoms. The second-order valence-corrected chi connectivity index (χ2v) is 8.55. The van der Waals surface area contributed by atoms with E-state index in [2.05, 4.69) is 13.8 Å². The maximum atomic E-state index is 12.4. The average Bonchev–Trinajstić information content (AvgIpc) is 2.71. The van der Waals surface area contributed by atoms with Crippen LogP contribution in [0.3, 0.4) is 0 Å². The average molecular weight is 453 g/mol. The lowest BCUT2D eigenvalue weighted by Crippen LogP contribution is -2.41. The lowest BCUT2D eigenvalue weighted by atomic mass is 10.1. The number of benzene rings is 2. The summed E-state index contributed by atoms with van der Waals surface area (Å²) in [7, 11) is -2.92. The molecule has 0 saturated heterocycles. The highest BCUT2D eigenvalue weighted by Crippen LogP contribution is 2.29. The van der Waals surface area contributed by atoms with Gasteiger partial charge in [0.15, 0.2) is 17.2 Å². The second-order valence-electron chi connectivity index (χ2n) is 6.86. The van der Waals surface area contributed by atoms with Crippen LogP contribution in [0.5, 0.6) is 17.2 Å². The van der Waals surface area contributed by atoms with Crippen molar-refractivity contribution >= 4 is 21.6 Å². The molecule has 0 unspecified atom stereocenters. The Labute approximate surface area is 179 Å². The van der Waals surface area contributed by atoms with Crippen LogP contribution in [0.1, 0.15) is 30.6 Å². The van der Waals surface area contributed by atoms with Gasteiger partial charge >= 0.3 is 5.69 Å². The zero-order valence-corrected chi connectivity index (χ0v) is 17.9. The van der Waals surface area contributed by atoms with E-state index in [-0.39, 0.29) is 5.56 Å². The van der Waals surface area contributed by atoms with Gasteiger partial charge in [0.25, 0.3) is 15.9 Å². The van der Waals surface area contributed by atoms with Crippen molar-refractivity contribution in [2.75, 3.05) is 13.7 Å². The van der Waals surface area contributed by atoms with Crippen LogP contribution in [0.15, 0.2) is 41.3 Å². The van der Waals surface area contributed by atoms with E-state index < -0.39 is 37.2 Å². The smallest absolute Gasteiger partial charge is 0.312 e. The van der Waals surface area contributed by atoms with Crippen molar-refractivity contribution in [2.45, 2.75) is 25.2 Å². The molecule has 1 amide bonds. The van der Waals surface area contributed by atoms with Crippen LogP contribution in [0.4, 0.5) is 5.69 Å². The molecule has 0 spiro atoms. The maximum Gasteiger partial charge on any atom is 0.312 e. The Balaban J connectivity index is 2.11. The van der Waals surface area contributed by atoms with Crippen LogP contribution in [0.25, 0.3) is 0 Å². The van der Waals surface area contributed by atoms with Crippen molar-refractivity contribution in [3.8, 4) is 17.2 Å². The molecule has 0 aliphatic heterocycles. The minimum absolute atomic E-state index is 0.0902. The summed E-state index contributed by atoms with van der Waals surface area (Å²) in [5.41, 5.74) is 1.33. The number of nitro benzene ring substituents is 1. The van der Waals surface area contributed by atoms with E-state index in [1.807, 2.05) is 10.3 Å². The van der Waals surface area contributed by atoms with Crippen LogP contribution < -0.4 is 19.7 Å². The van der Waals surface area contributed by atoms with Crippen molar-refractivity contribution in [2.24, 2.45) is 5.92 Å². The molecule has 11 nitrogen and oxygen atoms in total. The molecule has 2 aromatic carbocycles. The van der Waals surface area contributed by atoms with Crippen LogP contribution >= 0.6 is 0 Å². The van der Waals surface area contributed by atoms with Crippen molar-refractivity contribution < 1.29 is 32.7 Å². The van der Waals surface area contributed by atoms with Gasteiger partial charge in [0, 0.05) is 11.6 Å². The summed E-state index contributed by atoms with van der Waals surface area (Å²) in [4.78, 5) is 23.6. The minimum atomic E-state index is -4.33. The topological polar surface area (TPSA) is 157 Å². The van der Waals surface area contributed by atoms with Gasteiger partial charge in [-0.3, -0.25) is 20.3 Å². The van der Waals surface area contributed by atoms with E-state index in [9.17, 15) is 28.4 Å². The molecular weight excluding hydrogens is 430 g/mol. The van der Waals surface area contributed by atoms with Gasteiger partial charge in [-0.2, -0.15) is 0 Å². The predicted octanol–water partition coefficient (Wildman–Crippen LogP) is 2.36. The van der Waals surface area contributed by atoms with Gasteiger partial charge < -0.3 is 14.6 Å². The largest absolute Gasteiger partial charge is 0.502 e. The zero-order valence-electron chi connectivity index (χ0n) is 17.1. The number of rotatable bonds is 10. The van der Waals surface area contributed by atoms with E-state index in [4.69, 9.17) is 9.47 Å². The molecule has 3 N–H and O–H groups in total. The van der Waals surface area contributed by atoms with Gasteiger partial charge in [-0.1, -0.05) is 13.8 Å². The summed E-state index contributed by atoms with van der Waals surface area (Å²) in [5, 5.41) is 20.3. The Bertz CT molecular complexity index is 1070. The molecule has 0 bridgehead atoms. The molecule has 0 aliphatic carbocycles. The van der Waals surface area contributed by atoms with Gasteiger partial charge in [-0.05, 0) is 42.7 Å². The number of sulfonamides is 1. The molecule has 0 atom stereocenters. The Morgan fingerprint density at radius 3 is 2.52 bits per heavy atom. The number of carbonyl (C=O) groups excluding carboxylic acids is 1. The third-order valence-corrected chi connectivity index (χ3v) is 5.38. The second kappa shape index (κ2) is 10.1. The first kappa shape index (κ1) is 23.9. The Kier molecular flexibility index (Phi) is 7.78. The number of nitrogens with one attached hydrogen (secondary N) is 2. The fourth-order valence-electron chi connectivity index (χ4n) is 2.39. The van der Waals surface area contributed by atoms with Gasteiger partial charge in [-0.15, -0.1) is 4.83 Å². The molecule has 2 rings (SSSR count). The summed E-state index contributed by atoms with van der Waals surface area (Å²) in [6, 6.07) is 6.87. The fourth-order valence-corrected chi connectivity index (χ4v) is 3.25. The first-order valence-corrected chi connectivity index (χ1v) is 10.6. The number of hydrogen-bond acceptors (Lipinski definition) is 8. The molecule has 0 aliphatic rings. The van der Waals surface area contributed by atoms with E-state index in [1.54, 1.807) is 0 Å². The highest BCUT2D eigenvalue weighted by atomic mass is 32.2. The van der Waals surface area contributed by atoms with Gasteiger partial charge in [0.1, 0.15) is 0 Å². The van der Waals surface area contributed by atoms with Crippen LogP contribution in [-0.2, 0) is 10.0 Å². The normalized spacial score (nSPS) is 11.2. The number of aromatic hydroxyl groups is 1. The minimum Gasteiger partial charge on any atom is -0.502 e. The summed E-state index contributed by atoms with van der Waals surface area (Å²) < 4.78 is 35.5. The Morgan fingerprint density at radius 2 is 1.90 bits per heavy atom. The van der Waals surface area contributed by atoms with Gasteiger partial charge in [-0.25, -0.2) is 8.42 Å². The number of nitro groups is 1. The summed E-state index contributed by atoms with van der Waals surface area (Å²) in [5.74, 6) is -0.274. The maximum absolute atomic E-state index is 12.4. The molecule has 12 heteroatoms. The van der Waals surface area contributed by atoms with E-state index in [1.165, 1.54) is 25.3 Å². The number of carbonyl (C=O) groups is 1. The van der Waals surface area contributed by atoms with Crippen LogP contribution in [0, 0.1) is 16.0 Å². The monoisotopic (exact) mass is 453 g/mol. The van der Waals surface area contributed by atoms with Gasteiger partial charge in [0.2, 0.25) is 0 Å². The van der Waals surface area contributed by atoms with Gasteiger partial charge in [0.05, 0.1) is 23.5 Å². The standard InChI is InChI=1S/C19H23N3O8S/c1-12(2)8-9-30-17-7-4-13(10-18(17)29-3)19(24)20-21-31(27,28)14-5-6-16(23)15(11-14)22(25)26/h4-7,10-12,21,23H,8-9H2,1-3H3,(H,20,24). The van der Waals surface area contributed by atoms with Crippen LogP contribution in [0.2, 0.25) is 0 Å². The fraction of sp³-hybridized carbons (Fsp3) is 0.316. The number of nitrogens with zero attached hydrogens (tertiary/aromatic N) is 1. The summed E-state index contributed by atoms with van der Waals surface area (Å²) >= 11 is 0. The highest BCUT2D eigenvalue weighted by molar-refractivity contribution is 7.89. The van der Waals surface area contributed by atoms with Crippen molar-refractivity contribution in [1.29, 1.82) is 0 Å². The van der Waals surface area contributed by atoms with Crippen molar-refractivity contribution in [3.63, 3.8) is 0 Å². The lowest BCUT2D eigenvalue weighted by molar-refractivity contribution is -0.386. The summed E-state index contributed by atoms with van der Waals surface area (Å²) in [6.45, 7) is 4.59. The van der Waals surface area contributed by atoms with E-state index in [0.29, 0.717) is 30.1 Å². The number of methoxy groups -OCH3 is 1. The quantitative estimate of drug-likeness (QED) is 0.365. The predicted molar refractivity (Wildman–Crippen MR) is 110 cm³/mol. The number of phenols is 1. The highest BCUT2D eigenvalue weighted by Gasteiger charge is 2.22. The molecule has 0 fully saturated rings. The first-order chi connectivity index (χ1) is 14.5. The van der Waals surface area contributed by atoms with Crippen molar-refractivity contribution in [1.82, 2.24) is 10.3 Å². The molecule has 0 radical (unpaired) electrons. The first-order valence-electron chi connectivity index (χ1n) is 9.15. The van der Waals surface area contributed by atoms with Crippen molar-refractivity contribution in [3.05, 3.63) is 52.1 Å². The summed E-state index contributed by atoms with van der Waals surface area (Å²) in [6.07, 6.45) is 0.836. The molecule has 168 valence electrons. The zero-order chi connectivity index (χ0) is 23.2. The SMILES string of the molecule is COc1cc(C(=O)NNS(=O)(=O)c2ccc(O)c([N+](=O)[O-])c2)ccc1OCCC(C)C. The number of hydrazine groups is 1. The number of hydrogen-bond donors (Lipinski definition) is 3. The number of phenolic OH excluding ortho intramolecular Hbond substituents is 1. The molecular formula is C19H23N3O8S. The van der Waals surface area contributed by atoms with Crippen LogP contribution in [-0.4, -0.2) is 38.1 Å². The molecule has 0 saturated carbocycles. The van der Waals surface area contributed by atoms with E-state index in [0.717, 1.165) is 18.6 Å². The third-order valence-electron chi connectivity index (χ3n) is 4.13. The number of amides is 1. The molecule has 0 heterocycles. The third kappa shape index (κ3) is 6.30. The molecule has 2 aromatic rings. The Hall–Kier alpha value is -3.38. The van der Waals surface area contributed by atoms with E-state index >= 15 is 0 Å². The lowest BCUT2D eigenvalue weighted by Gasteiger charge is -2.13.